The van der Waals surface area contributed by atoms with E-state index < -0.39 is 0 Å². The minimum Gasteiger partial charge on any atom is -0.468 e. The van der Waals surface area contributed by atoms with E-state index in [0.29, 0.717) is 12.1 Å². The second-order valence-corrected chi connectivity index (χ2v) is 7.39. The standard InChI is InChI=1S/C18H27BrN2O2/c1-13(4-5-14-6-8-15(19)9-7-14)20-16-10-11-21(2)17(12-16)18(22)23-3/h6-9,13,16-17,20H,4-5,10-12H2,1-3H3/t13-,16+,17-/m0/s1. The molecule has 2 rings (SSSR count). The van der Waals surface area contributed by atoms with Crippen LogP contribution in [0.25, 0.3) is 0 Å². The Balaban J connectivity index is 1.79. The van der Waals surface area contributed by atoms with E-state index in [9.17, 15) is 4.79 Å². The summed E-state index contributed by atoms with van der Waals surface area (Å²) >= 11 is 3.47. The van der Waals surface area contributed by atoms with E-state index in [2.05, 4.69) is 57.3 Å². The molecular formula is C18H27BrN2O2. The van der Waals surface area contributed by atoms with E-state index in [4.69, 9.17) is 4.74 Å². The van der Waals surface area contributed by atoms with Crippen LogP contribution in [0.5, 0.6) is 0 Å². The molecule has 4 nitrogen and oxygen atoms in total. The Kier molecular flexibility index (Phi) is 7.06. The van der Waals surface area contributed by atoms with E-state index in [-0.39, 0.29) is 12.0 Å². The van der Waals surface area contributed by atoms with Crippen molar-refractivity contribution in [2.24, 2.45) is 0 Å². The quantitative estimate of drug-likeness (QED) is 0.767. The van der Waals surface area contributed by atoms with Crippen molar-refractivity contribution in [2.75, 3.05) is 20.7 Å². The summed E-state index contributed by atoms with van der Waals surface area (Å²) in [7, 11) is 3.46. The van der Waals surface area contributed by atoms with Crippen LogP contribution in [-0.2, 0) is 16.0 Å². The number of piperidine rings is 1. The first-order chi connectivity index (χ1) is 11.0. The minimum absolute atomic E-state index is 0.120. The molecule has 1 aromatic rings. The van der Waals surface area contributed by atoms with Gasteiger partial charge >= 0.3 is 5.97 Å². The number of likely N-dealkylation sites (tertiary alicyclic amines) is 1. The van der Waals surface area contributed by atoms with Gasteiger partial charge in [-0.3, -0.25) is 9.69 Å². The zero-order valence-electron chi connectivity index (χ0n) is 14.2. The van der Waals surface area contributed by atoms with E-state index in [0.717, 1.165) is 36.7 Å². The molecule has 1 heterocycles. The smallest absolute Gasteiger partial charge is 0.323 e. The van der Waals surface area contributed by atoms with Crippen LogP contribution >= 0.6 is 15.9 Å². The lowest BCUT2D eigenvalue weighted by Crippen LogP contribution is -2.52. The molecule has 1 aliphatic heterocycles. The monoisotopic (exact) mass is 382 g/mol. The van der Waals surface area contributed by atoms with E-state index >= 15 is 0 Å². The molecule has 3 atom stereocenters. The maximum Gasteiger partial charge on any atom is 0.323 e. The maximum absolute atomic E-state index is 11.9. The van der Waals surface area contributed by atoms with Gasteiger partial charge in [-0.15, -0.1) is 0 Å². The Morgan fingerprint density at radius 3 is 2.78 bits per heavy atom. The molecule has 1 aromatic carbocycles. The largest absolute Gasteiger partial charge is 0.468 e. The first kappa shape index (κ1) is 18.4. The normalized spacial score (nSPS) is 23.5. The van der Waals surface area contributed by atoms with Crippen molar-refractivity contribution in [1.82, 2.24) is 10.2 Å². The third-order valence-corrected chi connectivity index (χ3v) is 5.17. The molecule has 0 aromatic heterocycles. The average molecular weight is 383 g/mol. The SMILES string of the molecule is COC(=O)[C@@H]1C[C@H](N[C@@H](C)CCc2ccc(Br)cc2)CCN1C. The zero-order valence-corrected chi connectivity index (χ0v) is 15.8. The molecule has 0 unspecified atom stereocenters. The van der Waals surface area contributed by atoms with E-state index in [1.165, 1.54) is 12.7 Å². The summed E-state index contributed by atoms with van der Waals surface area (Å²) in [6, 6.07) is 9.21. The summed E-state index contributed by atoms with van der Waals surface area (Å²) in [6.07, 6.45) is 4.06. The number of esters is 1. The number of aryl methyl sites for hydroxylation is 1. The lowest BCUT2D eigenvalue weighted by atomic mass is 9.96. The third-order valence-electron chi connectivity index (χ3n) is 4.64. The topological polar surface area (TPSA) is 41.6 Å². The van der Waals surface area contributed by atoms with Gasteiger partial charge in [0.15, 0.2) is 0 Å². The van der Waals surface area contributed by atoms with Crippen LogP contribution < -0.4 is 5.32 Å². The molecule has 0 saturated carbocycles. The third kappa shape index (κ3) is 5.59. The van der Waals surface area contributed by atoms with Gasteiger partial charge in [0.1, 0.15) is 6.04 Å². The Hall–Kier alpha value is -0.910. The van der Waals surface area contributed by atoms with Gasteiger partial charge in [0.2, 0.25) is 0 Å². The lowest BCUT2D eigenvalue weighted by Gasteiger charge is -2.36. The summed E-state index contributed by atoms with van der Waals surface area (Å²) in [5.41, 5.74) is 1.36. The van der Waals surface area contributed by atoms with Crippen molar-refractivity contribution >= 4 is 21.9 Å². The van der Waals surface area contributed by atoms with Gasteiger partial charge in [-0.2, -0.15) is 0 Å². The van der Waals surface area contributed by atoms with Crippen molar-refractivity contribution in [3.05, 3.63) is 34.3 Å². The Labute approximate surface area is 147 Å². The zero-order chi connectivity index (χ0) is 16.8. The van der Waals surface area contributed by atoms with E-state index in [1.807, 2.05) is 7.05 Å². The number of carbonyl (C=O) groups excluding carboxylic acids is 1. The fraction of sp³-hybridized carbons (Fsp3) is 0.611. The Morgan fingerprint density at radius 2 is 2.13 bits per heavy atom. The van der Waals surface area contributed by atoms with Crippen molar-refractivity contribution < 1.29 is 9.53 Å². The molecule has 23 heavy (non-hydrogen) atoms. The number of halogens is 1. The highest BCUT2D eigenvalue weighted by Crippen LogP contribution is 2.18. The highest BCUT2D eigenvalue weighted by molar-refractivity contribution is 9.10. The minimum atomic E-state index is -0.124. The molecular weight excluding hydrogens is 356 g/mol. The highest BCUT2D eigenvalue weighted by atomic mass is 79.9. The molecule has 1 fully saturated rings. The van der Waals surface area contributed by atoms with Crippen LogP contribution in [0.15, 0.2) is 28.7 Å². The van der Waals surface area contributed by atoms with Gasteiger partial charge < -0.3 is 10.1 Å². The van der Waals surface area contributed by atoms with E-state index in [1.54, 1.807) is 0 Å². The van der Waals surface area contributed by atoms with Gasteiger partial charge in [0.05, 0.1) is 7.11 Å². The first-order valence-corrected chi connectivity index (χ1v) is 9.07. The molecule has 128 valence electrons. The summed E-state index contributed by atoms with van der Waals surface area (Å²) in [6.45, 7) is 3.15. The molecule has 0 bridgehead atoms. The number of carbonyl (C=O) groups is 1. The van der Waals surface area contributed by atoms with Crippen LogP contribution in [0.3, 0.4) is 0 Å². The molecule has 1 saturated heterocycles. The molecule has 5 heteroatoms. The Morgan fingerprint density at radius 1 is 1.43 bits per heavy atom. The summed E-state index contributed by atoms with van der Waals surface area (Å²) < 4.78 is 6.03. The number of benzene rings is 1. The number of likely N-dealkylation sites (N-methyl/N-ethyl adjacent to an activating group) is 1. The second kappa shape index (κ2) is 8.81. The van der Waals surface area contributed by atoms with Crippen LogP contribution in [0.1, 0.15) is 31.7 Å². The van der Waals surface area contributed by atoms with Gasteiger partial charge in [-0.25, -0.2) is 0 Å². The molecule has 1 N–H and O–H groups in total. The summed E-state index contributed by atoms with van der Waals surface area (Å²) in [5.74, 6) is -0.124. The van der Waals surface area contributed by atoms with Gasteiger partial charge in [-0.05, 0) is 57.4 Å². The molecule has 0 radical (unpaired) electrons. The summed E-state index contributed by atoms with van der Waals surface area (Å²) in [5, 5.41) is 3.69. The van der Waals surface area contributed by atoms with Crippen LogP contribution in [0.2, 0.25) is 0 Å². The van der Waals surface area contributed by atoms with Crippen molar-refractivity contribution in [3.63, 3.8) is 0 Å². The fourth-order valence-electron chi connectivity index (χ4n) is 3.17. The number of nitrogens with zero attached hydrogens (tertiary/aromatic N) is 1. The number of hydrogen-bond donors (Lipinski definition) is 1. The average Bonchev–Trinajstić information content (AvgIpc) is 2.55. The number of methoxy groups -OCH3 is 1. The fourth-order valence-corrected chi connectivity index (χ4v) is 3.43. The number of ether oxygens (including phenoxy) is 1. The summed E-state index contributed by atoms with van der Waals surface area (Å²) in [4.78, 5) is 13.9. The lowest BCUT2D eigenvalue weighted by molar-refractivity contribution is -0.148. The number of hydrogen-bond acceptors (Lipinski definition) is 4. The Bertz CT molecular complexity index is 506. The highest BCUT2D eigenvalue weighted by Gasteiger charge is 2.32. The number of rotatable bonds is 6. The predicted octanol–water partition coefficient (Wildman–Crippen LogP) is 3.00. The van der Waals surface area contributed by atoms with Crippen LogP contribution in [0, 0.1) is 0 Å². The second-order valence-electron chi connectivity index (χ2n) is 6.47. The molecule has 1 aliphatic rings. The molecule has 0 amide bonds. The van der Waals surface area contributed by atoms with Gasteiger partial charge in [0, 0.05) is 23.1 Å². The van der Waals surface area contributed by atoms with Crippen LogP contribution in [-0.4, -0.2) is 49.7 Å². The number of nitrogens with one attached hydrogen (secondary N) is 1. The van der Waals surface area contributed by atoms with Crippen molar-refractivity contribution in [1.29, 1.82) is 0 Å². The first-order valence-electron chi connectivity index (χ1n) is 8.28. The maximum atomic E-state index is 11.9. The van der Waals surface area contributed by atoms with Crippen LogP contribution in [0.4, 0.5) is 0 Å². The van der Waals surface area contributed by atoms with Gasteiger partial charge in [0.25, 0.3) is 0 Å². The molecule has 0 spiro atoms. The van der Waals surface area contributed by atoms with Crippen molar-refractivity contribution in [3.8, 4) is 0 Å². The molecule has 0 aliphatic carbocycles. The van der Waals surface area contributed by atoms with Gasteiger partial charge in [-0.1, -0.05) is 28.1 Å². The van der Waals surface area contributed by atoms with Crippen molar-refractivity contribution in [2.45, 2.75) is 50.7 Å². The predicted molar refractivity (Wildman–Crippen MR) is 96.5 cm³/mol.